The van der Waals surface area contributed by atoms with Gasteiger partial charge in [-0.2, -0.15) is 0 Å². The molecule has 0 aromatic carbocycles. The fourth-order valence-electron chi connectivity index (χ4n) is 1.83. The zero-order valence-electron chi connectivity index (χ0n) is 10.4. The second-order valence-corrected chi connectivity index (χ2v) is 7.01. The number of halogens is 1. The molecule has 1 atom stereocenters. The van der Waals surface area contributed by atoms with Gasteiger partial charge in [-0.25, -0.2) is 9.59 Å². The molecule has 1 fully saturated rings. The first-order valence-corrected chi connectivity index (χ1v) is 7.62. The fourth-order valence-corrected chi connectivity index (χ4v) is 3.03. The molecule has 1 saturated carbocycles. The molecule has 5 nitrogen and oxygen atoms in total. The maximum Gasteiger partial charge on any atom is 0.326 e. The summed E-state index contributed by atoms with van der Waals surface area (Å²) in [5.74, 6) is -0.868. The van der Waals surface area contributed by atoms with Crippen LogP contribution in [0, 0.1) is 5.92 Å². The van der Waals surface area contributed by atoms with E-state index in [-0.39, 0.29) is 11.9 Å². The third-order valence-corrected chi connectivity index (χ3v) is 4.58. The van der Waals surface area contributed by atoms with E-state index in [0.29, 0.717) is 6.54 Å². The van der Waals surface area contributed by atoms with E-state index in [9.17, 15) is 9.59 Å². The molecule has 19 heavy (non-hydrogen) atoms. The average molecular weight is 347 g/mol. The smallest absolute Gasteiger partial charge is 0.326 e. The first-order chi connectivity index (χ1) is 8.97. The Morgan fingerprint density at radius 1 is 1.63 bits per heavy atom. The number of urea groups is 1. The summed E-state index contributed by atoms with van der Waals surface area (Å²) in [6.45, 7) is 0.463. The highest BCUT2D eigenvalue weighted by Gasteiger charge is 2.37. The van der Waals surface area contributed by atoms with Gasteiger partial charge >= 0.3 is 12.0 Å². The van der Waals surface area contributed by atoms with Crippen LogP contribution in [0.4, 0.5) is 4.79 Å². The Morgan fingerprint density at radius 3 is 2.79 bits per heavy atom. The van der Waals surface area contributed by atoms with Crippen molar-refractivity contribution < 1.29 is 14.7 Å². The van der Waals surface area contributed by atoms with Crippen LogP contribution in [0.1, 0.15) is 18.4 Å². The van der Waals surface area contributed by atoms with Crippen LogP contribution in [-0.4, -0.2) is 35.1 Å². The van der Waals surface area contributed by atoms with E-state index in [4.69, 9.17) is 5.11 Å². The number of nitrogens with zero attached hydrogens (tertiary/aromatic N) is 1. The van der Waals surface area contributed by atoms with Gasteiger partial charge in [-0.3, -0.25) is 0 Å². The molecule has 1 aliphatic carbocycles. The summed E-state index contributed by atoms with van der Waals surface area (Å²) in [5.41, 5.74) is 1.02. The highest BCUT2D eigenvalue weighted by Crippen LogP contribution is 2.32. The number of carbonyl (C=O) groups excluding carboxylic acids is 1. The van der Waals surface area contributed by atoms with Crippen molar-refractivity contribution in [3.63, 3.8) is 0 Å². The fraction of sp³-hybridized carbons (Fsp3) is 0.500. The molecule has 1 heterocycles. The number of nitrogens with one attached hydrogen (secondary N) is 1. The first kappa shape index (κ1) is 14.3. The van der Waals surface area contributed by atoms with Gasteiger partial charge in [-0.05, 0) is 51.7 Å². The Labute approximate surface area is 123 Å². The zero-order chi connectivity index (χ0) is 14.0. The number of carbonyl (C=O) groups is 2. The molecule has 1 aliphatic rings. The van der Waals surface area contributed by atoms with Crippen LogP contribution < -0.4 is 5.32 Å². The van der Waals surface area contributed by atoms with Crippen LogP contribution in [0.2, 0.25) is 0 Å². The van der Waals surface area contributed by atoms with Crippen molar-refractivity contribution in [1.82, 2.24) is 10.2 Å². The minimum absolute atomic E-state index is 0.0881. The summed E-state index contributed by atoms with van der Waals surface area (Å²) in [4.78, 5) is 24.5. The predicted molar refractivity (Wildman–Crippen MR) is 76.2 cm³/mol. The summed E-state index contributed by atoms with van der Waals surface area (Å²) in [6.07, 6.45) is 1.75. The molecule has 1 unspecified atom stereocenters. The highest BCUT2D eigenvalue weighted by molar-refractivity contribution is 9.11. The lowest BCUT2D eigenvalue weighted by Gasteiger charge is -2.20. The van der Waals surface area contributed by atoms with E-state index >= 15 is 0 Å². The Morgan fingerprint density at radius 2 is 2.32 bits per heavy atom. The topological polar surface area (TPSA) is 69.6 Å². The normalized spacial score (nSPS) is 15.9. The van der Waals surface area contributed by atoms with Crippen LogP contribution in [-0.2, 0) is 11.3 Å². The minimum atomic E-state index is -0.956. The van der Waals surface area contributed by atoms with Crippen molar-refractivity contribution in [1.29, 1.82) is 0 Å². The lowest BCUT2D eigenvalue weighted by molar-refractivity contribution is -0.139. The van der Waals surface area contributed by atoms with Gasteiger partial charge in [0.15, 0.2) is 0 Å². The van der Waals surface area contributed by atoms with Gasteiger partial charge in [0, 0.05) is 13.6 Å². The average Bonchev–Trinajstić information content (AvgIpc) is 3.09. The monoisotopic (exact) mass is 346 g/mol. The molecule has 2 N–H and O–H groups in total. The Bertz CT molecular complexity index is 487. The Balaban J connectivity index is 1.89. The number of aliphatic carboxylic acids is 1. The molecule has 0 bridgehead atoms. The van der Waals surface area contributed by atoms with Gasteiger partial charge in [-0.15, -0.1) is 11.3 Å². The molecule has 0 aliphatic heterocycles. The second-order valence-electron chi connectivity index (χ2n) is 4.72. The molecule has 0 radical (unpaired) electrons. The largest absolute Gasteiger partial charge is 0.480 e. The maximum atomic E-state index is 11.9. The van der Waals surface area contributed by atoms with Crippen LogP contribution in [0.3, 0.4) is 0 Å². The van der Waals surface area contributed by atoms with Crippen molar-refractivity contribution in [3.8, 4) is 0 Å². The first-order valence-electron chi connectivity index (χ1n) is 5.94. The van der Waals surface area contributed by atoms with Crippen LogP contribution in [0.5, 0.6) is 0 Å². The Hall–Kier alpha value is -1.08. The van der Waals surface area contributed by atoms with Gasteiger partial charge in [0.05, 0.1) is 3.79 Å². The van der Waals surface area contributed by atoms with E-state index in [1.54, 1.807) is 18.4 Å². The summed E-state index contributed by atoms with van der Waals surface area (Å²) in [7, 11) is 1.66. The molecular formula is C12H15BrN2O3S. The zero-order valence-corrected chi connectivity index (χ0v) is 12.8. The van der Waals surface area contributed by atoms with E-state index < -0.39 is 12.0 Å². The van der Waals surface area contributed by atoms with Crippen molar-refractivity contribution in [2.75, 3.05) is 7.05 Å². The number of rotatable bonds is 5. The Kier molecular flexibility index (Phi) is 4.46. The number of hydrogen-bond donors (Lipinski definition) is 2. The number of amides is 2. The lowest BCUT2D eigenvalue weighted by atomic mass is 10.2. The molecule has 0 spiro atoms. The third-order valence-electron chi connectivity index (χ3n) is 3.03. The molecule has 2 rings (SSSR count). The number of carboxylic acid groups (broad SMARTS) is 1. The van der Waals surface area contributed by atoms with Crippen LogP contribution in [0.15, 0.2) is 15.2 Å². The molecule has 0 saturated heterocycles. The quantitative estimate of drug-likeness (QED) is 0.860. The van der Waals surface area contributed by atoms with Crippen molar-refractivity contribution in [3.05, 3.63) is 20.8 Å². The molecule has 104 valence electrons. The predicted octanol–water partition coefficient (Wildman–Crippen LogP) is 2.52. The third kappa shape index (κ3) is 3.94. The van der Waals surface area contributed by atoms with E-state index in [0.717, 1.165) is 22.2 Å². The molecular weight excluding hydrogens is 332 g/mol. The van der Waals surface area contributed by atoms with Gasteiger partial charge in [-0.1, -0.05) is 0 Å². The molecule has 1 aromatic heterocycles. The van der Waals surface area contributed by atoms with Crippen molar-refractivity contribution in [2.45, 2.75) is 25.4 Å². The molecule has 7 heteroatoms. The minimum Gasteiger partial charge on any atom is -0.480 e. The highest BCUT2D eigenvalue weighted by atomic mass is 79.9. The maximum absolute atomic E-state index is 11.9. The standard InChI is InChI=1S/C12H15BrN2O3S/c1-15(5-7-4-9(13)19-6-7)12(18)14-10(11(16)17)8-2-3-8/h4,6,8,10H,2-3,5H2,1H3,(H,14,18)(H,16,17). The number of carboxylic acids is 1. The second kappa shape index (κ2) is 5.92. The summed E-state index contributed by atoms with van der Waals surface area (Å²) >= 11 is 4.92. The van der Waals surface area contributed by atoms with E-state index in [1.807, 2.05) is 11.4 Å². The summed E-state index contributed by atoms with van der Waals surface area (Å²) < 4.78 is 1.01. The van der Waals surface area contributed by atoms with E-state index in [2.05, 4.69) is 21.2 Å². The van der Waals surface area contributed by atoms with Crippen LogP contribution >= 0.6 is 27.3 Å². The SMILES string of the molecule is CN(Cc1csc(Br)c1)C(=O)NC(C(=O)O)C1CC1. The lowest BCUT2D eigenvalue weighted by Crippen LogP contribution is -2.47. The van der Waals surface area contributed by atoms with Gasteiger partial charge in [0.25, 0.3) is 0 Å². The molecule has 2 amide bonds. The number of thiophene rings is 1. The van der Waals surface area contributed by atoms with Gasteiger partial charge < -0.3 is 15.3 Å². The van der Waals surface area contributed by atoms with Crippen molar-refractivity contribution >= 4 is 39.3 Å². The summed E-state index contributed by atoms with van der Waals surface area (Å²) in [5, 5.41) is 13.6. The van der Waals surface area contributed by atoms with Gasteiger partial charge in [0.1, 0.15) is 6.04 Å². The van der Waals surface area contributed by atoms with Crippen LogP contribution in [0.25, 0.3) is 0 Å². The van der Waals surface area contributed by atoms with Gasteiger partial charge in [0.2, 0.25) is 0 Å². The number of hydrogen-bond acceptors (Lipinski definition) is 3. The van der Waals surface area contributed by atoms with Crippen molar-refractivity contribution in [2.24, 2.45) is 5.92 Å². The van der Waals surface area contributed by atoms with E-state index in [1.165, 1.54) is 4.90 Å². The summed E-state index contributed by atoms with van der Waals surface area (Å²) in [6, 6.07) is 0.843. The molecule has 1 aromatic rings.